The Morgan fingerprint density at radius 2 is 1.90 bits per heavy atom. The molecule has 3 nitrogen and oxygen atoms in total. The zero-order valence-corrected chi connectivity index (χ0v) is 11.7. The zero-order chi connectivity index (χ0) is 14.7. The van der Waals surface area contributed by atoms with E-state index in [1.165, 1.54) is 0 Å². The van der Waals surface area contributed by atoms with Crippen molar-refractivity contribution in [2.75, 3.05) is 7.11 Å². The summed E-state index contributed by atoms with van der Waals surface area (Å²) in [5.41, 5.74) is 1.72. The third kappa shape index (κ3) is 2.77. The van der Waals surface area contributed by atoms with Crippen LogP contribution in [-0.4, -0.2) is 17.9 Å². The van der Waals surface area contributed by atoms with E-state index in [0.29, 0.717) is 6.42 Å². The fraction of sp³-hybridized carbons (Fsp3) is 0.111. The van der Waals surface area contributed by atoms with Crippen LogP contribution in [0.5, 0.6) is 5.75 Å². The Balaban J connectivity index is 1.90. The minimum Gasteiger partial charge on any atom is -0.497 e. The fourth-order valence-corrected chi connectivity index (χ4v) is 2.39. The summed E-state index contributed by atoms with van der Waals surface area (Å²) in [6, 6.07) is 15.2. The van der Waals surface area contributed by atoms with Gasteiger partial charge in [-0.3, -0.25) is 9.78 Å². The molecule has 3 heteroatoms. The molecule has 0 atom stereocenters. The zero-order valence-electron chi connectivity index (χ0n) is 11.7. The number of hydrogen-bond acceptors (Lipinski definition) is 3. The number of aromatic nitrogens is 1. The molecule has 0 saturated heterocycles. The van der Waals surface area contributed by atoms with Crippen molar-refractivity contribution in [3.8, 4) is 5.75 Å². The first-order valence-corrected chi connectivity index (χ1v) is 6.77. The molecule has 21 heavy (non-hydrogen) atoms. The third-order valence-electron chi connectivity index (χ3n) is 3.50. The highest BCUT2D eigenvalue weighted by Crippen LogP contribution is 2.20. The summed E-state index contributed by atoms with van der Waals surface area (Å²) in [6.45, 7) is 0. The van der Waals surface area contributed by atoms with Gasteiger partial charge in [-0.1, -0.05) is 30.3 Å². The van der Waals surface area contributed by atoms with Gasteiger partial charge in [0.1, 0.15) is 5.75 Å². The number of Topliss-reactive ketones (excluding diaryl/α,β-unsaturated/α-hetero) is 1. The number of benzene rings is 2. The third-order valence-corrected chi connectivity index (χ3v) is 3.50. The van der Waals surface area contributed by atoms with Crippen molar-refractivity contribution in [1.29, 1.82) is 0 Å². The molecule has 3 rings (SSSR count). The molecule has 0 bridgehead atoms. The van der Waals surface area contributed by atoms with E-state index in [1.54, 1.807) is 19.5 Å². The molecule has 0 N–H and O–H groups in total. The number of nitrogens with zero attached hydrogens (tertiary/aromatic N) is 1. The van der Waals surface area contributed by atoms with Crippen molar-refractivity contribution >= 4 is 16.6 Å². The molecule has 0 aliphatic rings. The van der Waals surface area contributed by atoms with E-state index in [-0.39, 0.29) is 5.78 Å². The van der Waals surface area contributed by atoms with Crippen molar-refractivity contribution in [1.82, 2.24) is 4.98 Å². The van der Waals surface area contributed by atoms with E-state index in [2.05, 4.69) is 4.98 Å². The summed E-state index contributed by atoms with van der Waals surface area (Å²) in [7, 11) is 1.63. The number of hydrogen-bond donors (Lipinski definition) is 0. The van der Waals surface area contributed by atoms with Crippen LogP contribution in [0.3, 0.4) is 0 Å². The summed E-state index contributed by atoms with van der Waals surface area (Å²) in [6.07, 6.45) is 3.87. The maximum Gasteiger partial charge on any atom is 0.167 e. The highest BCUT2D eigenvalue weighted by atomic mass is 16.5. The van der Waals surface area contributed by atoms with Crippen molar-refractivity contribution in [3.05, 3.63) is 72.1 Å². The fourth-order valence-electron chi connectivity index (χ4n) is 2.39. The van der Waals surface area contributed by atoms with Crippen LogP contribution < -0.4 is 4.74 Å². The second-order valence-corrected chi connectivity index (χ2v) is 4.85. The Bertz CT molecular complexity index is 773. The van der Waals surface area contributed by atoms with Crippen LogP contribution in [0.4, 0.5) is 0 Å². The van der Waals surface area contributed by atoms with E-state index in [9.17, 15) is 4.79 Å². The summed E-state index contributed by atoms with van der Waals surface area (Å²) in [4.78, 5) is 16.6. The first-order valence-electron chi connectivity index (χ1n) is 6.77. The average molecular weight is 277 g/mol. The number of fused-ring (bicyclic) bond motifs is 1. The molecule has 104 valence electrons. The van der Waals surface area contributed by atoms with Gasteiger partial charge in [0, 0.05) is 29.8 Å². The van der Waals surface area contributed by atoms with E-state index in [1.807, 2.05) is 48.5 Å². The molecule has 2 aromatic carbocycles. The monoisotopic (exact) mass is 277 g/mol. The Labute approximate surface area is 123 Å². The molecule has 0 aliphatic carbocycles. The molecule has 0 fully saturated rings. The van der Waals surface area contributed by atoms with Gasteiger partial charge in [-0.15, -0.1) is 0 Å². The van der Waals surface area contributed by atoms with Gasteiger partial charge in [-0.25, -0.2) is 0 Å². The first-order chi connectivity index (χ1) is 10.3. The van der Waals surface area contributed by atoms with Gasteiger partial charge >= 0.3 is 0 Å². The highest BCUT2D eigenvalue weighted by molar-refractivity contribution is 6.08. The number of rotatable bonds is 4. The smallest absolute Gasteiger partial charge is 0.167 e. The number of ether oxygens (including phenoxy) is 1. The van der Waals surface area contributed by atoms with Gasteiger partial charge in [0.15, 0.2) is 5.78 Å². The molecule has 0 aliphatic heterocycles. The maximum absolute atomic E-state index is 12.5. The van der Waals surface area contributed by atoms with E-state index < -0.39 is 0 Å². The van der Waals surface area contributed by atoms with Crippen molar-refractivity contribution in [2.45, 2.75) is 6.42 Å². The van der Waals surface area contributed by atoms with Gasteiger partial charge in [0.25, 0.3) is 0 Å². The standard InChI is InChI=1S/C18H15NO2/c1-21-15-7-5-13(6-8-15)11-18(20)17-4-2-3-14-12-19-10-9-16(14)17/h2-10,12H,11H2,1H3. The van der Waals surface area contributed by atoms with Crippen molar-refractivity contribution in [2.24, 2.45) is 0 Å². The number of ketones is 1. The topological polar surface area (TPSA) is 39.2 Å². The minimum atomic E-state index is 0.108. The SMILES string of the molecule is COc1ccc(CC(=O)c2cccc3cnccc23)cc1. The molecule has 3 aromatic rings. The highest BCUT2D eigenvalue weighted by Gasteiger charge is 2.10. The van der Waals surface area contributed by atoms with Gasteiger partial charge in [-0.2, -0.15) is 0 Å². The Kier molecular flexibility index (Phi) is 3.65. The van der Waals surface area contributed by atoms with Gasteiger partial charge < -0.3 is 4.74 Å². The molecule has 1 aromatic heterocycles. The van der Waals surface area contributed by atoms with Crippen molar-refractivity contribution in [3.63, 3.8) is 0 Å². The van der Waals surface area contributed by atoms with Crippen LogP contribution in [-0.2, 0) is 6.42 Å². The Hall–Kier alpha value is -2.68. The van der Waals surface area contributed by atoms with Crippen LogP contribution >= 0.6 is 0 Å². The molecular weight excluding hydrogens is 262 g/mol. The molecule has 1 heterocycles. The average Bonchev–Trinajstić information content (AvgIpc) is 2.55. The number of pyridine rings is 1. The van der Waals surface area contributed by atoms with Gasteiger partial charge in [0.2, 0.25) is 0 Å². The lowest BCUT2D eigenvalue weighted by molar-refractivity contribution is 0.0994. The van der Waals surface area contributed by atoms with Crippen LogP contribution in [0.2, 0.25) is 0 Å². The summed E-state index contributed by atoms with van der Waals surface area (Å²) < 4.78 is 5.12. The first kappa shape index (κ1) is 13.3. The lowest BCUT2D eigenvalue weighted by atomic mass is 9.98. The van der Waals surface area contributed by atoms with Crippen molar-refractivity contribution < 1.29 is 9.53 Å². The summed E-state index contributed by atoms with van der Waals surface area (Å²) in [5, 5.41) is 1.93. The summed E-state index contributed by atoms with van der Waals surface area (Å²) >= 11 is 0. The number of carbonyl (C=O) groups is 1. The minimum absolute atomic E-state index is 0.108. The van der Waals surface area contributed by atoms with Gasteiger partial charge in [0.05, 0.1) is 7.11 Å². The second kappa shape index (κ2) is 5.75. The Morgan fingerprint density at radius 1 is 1.10 bits per heavy atom. The largest absolute Gasteiger partial charge is 0.497 e. The van der Waals surface area contributed by atoms with E-state index >= 15 is 0 Å². The van der Waals surface area contributed by atoms with Crippen LogP contribution in [0.25, 0.3) is 10.8 Å². The van der Waals surface area contributed by atoms with Crippen LogP contribution in [0, 0.1) is 0 Å². The maximum atomic E-state index is 12.5. The number of carbonyl (C=O) groups excluding carboxylic acids is 1. The quantitative estimate of drug-likeness (QED) is 0.683. The van der Waals surface area contributed by atoms with E-state index in [0.717, 1.165) is 27.6 Å². The lowest BCUT2D eigenvalue weighted by Gasteiger charge is -2.06. The Morgan fingerprint density at radius 3 is 2.67 bits per heavy atom. The molecule has 0 radical (unpaired) electrons. The lowest BCUT2D eigenvalue weighted by Crippen LogP contribution is -2.04. The predicted molar refractivity (Wildman–Crippen MR) is 82.8 cm³/mol. The van der Waals surface area contributed by atoms with Crippen LogP contribution in [0.15, 0.2) is 60.9 Å². The summed E-state index contributed by atoms with van der Waals surface area (Å²) in [5.74, 6) is 0.902. The van der Waals surface area contributed by atoms with Gasteiger partial charge in [-0.05, 0) is 29.1 Å². The normalized spacial score (nSPS) is 10.5. The second-order valence-electron chi connectivity index (χ2n) is 4.85. The molecular formula is C18H15NO2. The molecule has 0 amide bonds. The number of methoxy groups -OCH3 is 1. The predicted octanol–water partition coefficient (Wildman–Crippen LogP) is 3.67. The molecule has 0 saturated carbocycles. The van der Waals surface area contributed by atoms with E-state index in [4.69, 9.17) is 4.74 Å². The van der Waals surface area contributed by atoms with Crippen LogP contribution in [0.1, 0.15) is 15.9 Å². The molecule has 0 unspecified atom stereocenters. The molecule has 0 spiro atoms.